The quantitative estimate of drug-likeness (QED) is 0.272. The van der Waals surface area contributed by atoms with Crippen LogP contribution in [0.15, 0.2) is 0 Å². The van der Waals surface area contributed by atoms with E-state index in [1.54, 1.807) is 6.92 Å². The molecule has 0 N–H and O–H groups in total. The minimum atomic E-state index is -0.951. The summed E-state index contributed by atoms with van der Waals surface area (Å²) in [5.41, 5.74) is 0. The number of carbonyl (C=O) groups is 1. The molecule has 0 aliphatic carbocycles. The molecule has 2 atom stereocenters. The molecule has 2 heteroatoms. The molecule has 0 fully saturated rings. The summed E-state index contributed by atoms with van der Waals surface area (Å²) in [6.07, 6.45) is 15.1. The summed E-state index contributed by atoms with van der Waals surface area (Å²) in [6, 6.07) is 0. The van der Waals surface area contributed by atoms with Crippen LogP contribution in [0.25, 0.3) is 0 Å². The Morgan fingerprint density at radius 2 is 1.13 bits per heavy atom. The Labute approximate surface area is 144 Å². The maximum atomic E-state index is 14.0. The van der Waals surface area contributed by atoms with E-state index < -0.39 is 12.1 Å². The minimum absolute atomic E-state index is 0.0507. The van der Waals surface area contributed by atoms with Gasteiger partial charge in [0.15, 0.2) is 0 Å². The topological polar surface area (TPSA) is 17.1 Å². The summed E-state index contributed by atoms with van der Waals surface area (Å²) in [6.45, 7) is 7.71. The molecule has 1 nitrogen and oxygen atoms in total. The lowest BCUT2D eigenvalue weighted by atomic mass is 9.90. The molecule has 0 aromatic rings. The van der Waals surface area contributed by atoms with Crippen LogP contribution < -0.4 is 0 Å². The maximum Gasteiger partial charge on any atom is 0.141 e. The Hall–Kier alpha value is -0.400. The third-order valence-corrected chi connectivity index (χ3v) is 4.89. The number of rotatable bonds is 16. The van der Waals surface area contributed by atoms with Crippen molar-refractivity contribution in [3.8, 4) is 0 Å². The lowest BCUT2D eigenvalue weighted by molar-refractivity contribution is -0.127. The molecule has 0 aliphatic heterocycles. The van der Waals surface area contributed by atoms with E-state index in [9.17, 15) is 9.18 Å². The molecule has 138 valence electrons. The molecule has 0 saturated heterocycles. The normalized spacial score (nSPS) is 14.2. The highest BCUT2D eigenvalue weighted by molar-refractivity contribution is 5.82. The summed E-state index contributed by atoms with van der Waals surface area (Å²) < 4.78 is 14.0. The third kappa shape index (κ3) is 12.7. The van der Waals surface area contributed by atoms with Crippen molar-refractivity contribution in [1.29, 1.82) is 0 Å². The molecule has 0 spiro atoms. The maximum absolute atomic E-state index is 14.0. The molecule has 0 radical (unpaired) electrons. The van der Waals surface area contributed by atoms with E-state index in [0.29, 0.717) is 6.42 Å². The van der Waals surface area contributed by atoms with Gasteiger partial charge in [-0.05, 0) is 6.42 Å². The average molecular weight is 329 g/mol. The fourth-order valence-electron chi connectivity index (χ4n) is 3.13. The van der Waals surface area contributed by atoms with Crippen LogP contribution in [0.5, 0.6) is 0 Å². The standard InChI is InChI=1S/C21H41FO/c1-5-6-7-8-9-10-11-12-13-14-15-16-17-20(22)19(4)21(23)18(2)3/h18-20H,5-17H2,1-4H3. The molecule has 0 bridgehead atoms. The van der Waals surface area contributed by atoms with E-state index in [1.165, 1.54) is 64.2 Å². The summed E-state index contributed by atoms with van der Waals surface area (Å²) >= 11 is 0. The van der Waals surface area contributed by atoms with Crippen LogP contribution in [0.2, 0.25) is 0 Å². The number of carbonyl (C=O) groups excluding carboxylic acids is 1. The first kappa shape index (κ1) is 22.6. The fourth-order valence-corrected chi connectivity index (χ4v) is 3.13. The van der Waals surface area contributed by atoms with Crippen LogP contribution in [0.4, 0.5) is 4.39 Å². The third-order valence-electron chi connectivity index (χ3n) is 4.89. The van der Waals surface area contributed by atoms with Gasteiger partial charge in [0.2, 0.25) is 0 Å². The molecule has 0 heterocycles. The molecule has 0 saturated carbocycles. The van der Waals surface area contributed by atoms with Crippen molar-refractivity contribution >= 4 is 5.78 Å². The molecular formula is C21H41FO. The number of hydrogen-bond donors (Lipinski definition) is 0. The summed E-state index contributed by atoms with van der Waals surface area (Å²) in [5.74, 6) is -0.413. The van der Waals surface area contributed by atoms with Gasteiger partial charge in [-0.2, -0.15) is 0 Å². The fraction of sp³-hybridized carbons (Fsp3) is 0.952. The van der Waals surface area contributed by atoms with Crippen LogP contribution in [0.1, 0.15) is 111 Å². The van der Waals surface area contributed by atoms with Crippen molar-refractivity contribution in [2.45, 2.75) is 117 Å². The molecule has 0 aromatic heterocycles. The first-order chi connectivity index (χ1) is 11.0. The van der Waals surface area contributed by atoms with E-state index in [1.807, 2.05) is 13.8 Å². The van der Waals surface area contributed by atoms with Gasteiger partial charge in [0.05, 0.1) is 0 Å². The van der Waals surface area contributed by atoms with Gasteiger partial charge in [0.25, 0.3) is 0 Å². The van der Waals surface area contributed by atoms with Gasteiger partial charge < -0.3 is 0 Å². The monoisotopic (exact) mass is 328 g/mol. The van der Waals surface area contributed by atoms with Crippen molar-refractivity contribution in [3.63, 3.8) is 0 Å². The van der Waals surface area contributed by atoms with Crippen molar-refractivity contribution in [2.75, 3.05) is 0 Å². The highest BCUT2D eigenvalue weighted by Gasteiger charge is 2.24. The van der Waals surface area contributed by atoms with Gasteiger partial charge in [-0.3, -0.25) is 4.79 Å². The van der Waals surface area contributed by atoms with Crippen molar-refractivity contribution in [1.82, 2.24) is 0 Å². The Bertz CT molecular complexity index is 275. The van der Waals surface area contributed by atoms with E-state index in [0.717, 1.165) is 12.8 Å². The molecular weight excluding hydrogens is 287 g/mol. The Kier molecular flexibility index (Phi) is 14.9. The SMILES string of the molecule is CCCCCCCCCCCCCCC(F)C(C)C(=O)C(C)C. The van der Waals surface area contributed by atoms with Crippen LogP contribution >= 0.6 is 0 Å². The Morgan fingerprint density at radius 1 is 0.739 bits per heavy atom. The molecule has 23 heavy (non-hydrogen) atoms. The first-order valence-electron chi connectivity index (χ1n) is 10.2. The van der Waals surface area contributed by atoms with Crippen molar-refractivity contribution < 1.29 is 9.18 Å². The number of hydrogen-bond acceptors (Lipinski definition) is 1. The zero-order valence-corrected chi connectivity index (χ0v) is 16.2. The second-order valence-corrected chi connectivity index (χ2v) is 7.54. The van der Waals surface area contributed by atoms with Crippen LogP contribution in [0.3, 0.4) is 0 Å². The molecule has 0 aromatic carbocycles. The zero-order chi connectivity index (χ0) is 17.5. The van der Waals surface area contributed by atoms with Gasteiger partial charge >= 0.3 is 0 Å². The Balaban J connectivity index is 3.37. The first-order valence-corrected chi connectivity index (χ1v) is 10.2. The van der Waals surface area contributed by atoms with Crippen LogP contribution in [-0.2, 0) is 4.79 Å². The number of halogens is 1. The van der Waals surface area contributed by atoms with Gasteiger partial charge in [0, 0.05) is 11.8 Å². The Morgan fingerprint density at radius 3 is 1.52 bits per heavy atom. The van der Waals surface area contributed by atoms with E-state index in [4.69, 9.17) is 0 Å². The smallest absolute Gasteiger partial charge is 0.141 e. The van der Waals surface area contributed by atoms with E-state index in [2.05, 4.69) is 6.92 Å². The predicted molar refractivity (Wildman–Crippen MR) is 99.6 cm³/mol. The summed E-state index contributed by atoms with van der Waals surface area (Å²) in [4.78, 5) is 11.8. The molecule has 0 rings (SSSR count). The van der Waals surface area contributed by atoms with Crippen molar-refractivity contribution in [2.24, 2.45) is 11.8 Å². The second kappa shape index (κ2) is 15.1. The highest BCUT2D eigenvalue weighted by atomic mass is 19.1. The predicted octanol–water partition coefficient (Wildman–Crippen LogP) is 7.28. The molecule has 2 unspecified atom stereocenters. The van der Waals surface area contributed by atoms with Gasteiger partial charge in [0.1, 0.15) is 12.0 Å². The summed E-state index contributed by atoms with van der Waals surface area (Å²) in [5, 5.41) is 0. The van der Waals surface area contributed by atoms with Gasteiger partial charge in [-0.1, -0.05) is 105 Å². The molecule has 0 aliphatic rings. The zero-order valence-electron chi connectivity index (χ0n) is 16.2. The van der Waals surface area contributed by atoms with Crippen LogP contribution in [-0.4, -0.2) is 12.0 Å². The lowest BCUT2D eigenvalue weighted by Crippen LogP contribution is -2.26. The summed E-state index contributed by atoms with van der Waals surface area (Å²) in [7, 11) is 0. The van der Waals surface area contributed by atoms with E-state index in [-0.39, 0.29) is 11.7 Å². The number of alkyl halides is 1. The minimum Gasteiger partial charge on any atom is -0.299 e. The highest BCUT2D eigenvalue weighted by Crippen LogP contribution is 2.20. The molecule has 0 amide bonds. The largest absolute Gasteiger partial charge is 0.299 e. The lowest BCUT2D eigenvalue weighted by Gasteiger charge is -2.17. The van der Waals surface area contributed by atoms with Gasteiger partial charge in [-0.25, -0.2) is 4.39 Å². The van der Waals surface area contributed by atoms with E-state index >= 15 is 0 Å². The number of unbranched alkanes of at least 4 members (excludes halogenated alkanes) is 11. The van der Waals surface area contributed by atoms with Gasteiger partial charge in [-0.15, -0.1) is 0 Å². The number of ketones is 1. The number of Topliss-reactive ketones (excluding diaryl/α,β-unsaturated/α-hetero) is 1. The average Bonchev–Trinajstić information content (AvgIpc) is 2.54. The van der Waals surface area contributed by atoms with Crippen LogP contribution in [0, 0.1) is 11.8 Å². The van der Waals surface area contributed by atoms with Crippen molar-refractivity contribution in [3.05, 3.63) is 0 Å². The second-order valence-electron chi connectivity index (χ2n) is 7.54.